The lowest BCUT2D eigenvalue weighted by molar-refractivity contribution is -0.140. The van der Waals surface area contributed by atoms with E-state index in [0.29, 0.717) is 22.5 Å². The molecule has 0 spiro atoms. The van der Waals surface area contributed by atoms with Gasteiger partial charge in [-0.1, -0.05) is 96.0 Å². The molecular formula is C36H37BrF3N3O4S. The van der Waals surface area contributed by atoms with Gasteiger partial charge in [-0.05, 0) is 66.4 Å². The predicted octanol–water partition coefficient (Wildman–Crippen LogP) is 7.38. The van der Waals surface area contributed by atoms with E-state index < -0.39 is 46.2 Å². The Kier molecular flexibility index (Phi) is 12.1. The summed E-state index contributed by atoms with van der Waals surface area (Å²) in [5.41, 5.74) is 0.781. The van der Waals surface area contributed by atoms with Gasteiger partial charge in [0.05, 0.1) is 16.1 Å². The van der Waals surface area contributed by atoms with Crippen molar-refractivity contribution in [3.05, 3.63) is 130 Å². The quantitative estimate of drug-likeness (QED) is 0.155. The number of aryl methyl sites for hydroxylation is 1. The van der Waals surface area contributed by atoms with Crippen molar-refractivity contribution in [3.8, 4) is 0 Å². The molecule has 0 saturated carbocycles. The monoisotopic (exact) mass is 743 g/mol. The third-order valence-corrected chi connectivity index (χ3v) is 9.89. The summed E-state index contributed by atoms with van der Waals surface area (Å²) in [5, 5.41) is 2.91. The van der Waals surface area contributed by atoms with Crippen LogP contribution in [0.15, 0.2) is 112 Å². The molecule has 0 unspecified atom stereocenters. The number of benzene rings is 4. The maximum atomic E-state index is 14.5. The molecule has 1 N–H and O–H groups in total. The summed E-state index contributed by atoms with van der Waals surface area (Å²) in [7, 11) is -4.55. The Bertz CT molecular complexity index is 1800. The fourth-order valence-corrected chi connectivity index (χ4v) is 6.64. The molecule has 7 nitrogen and oxygen atoms in total. The van der Waals surface area contributed by atoms with Crippen molar-refractivity contribution in [2.24, 2.45) is 5.92 Å². The van der Waals surface area contributed by atoms with Crippen LogP contribution in [0.4, 0.5) is 18.9 Å². The zero-order chi connectivity index (χ0) is 35.1. The maximum Gasteiger partial charge on any atom is 0.416 e. The highest BCUT2D eigenvalue weighted by atomic mass is 79.9. The van der Waals surface area contributed by atoms with Crippen LogP contribution in [0, 0.1) is 12.8 Å². The molecule has 4 aromatic rings. The van der Waals surface area contributed by atoms with Crippen LogP contribution in [-0.4, -0.2) is 44.3 Å². The first-order valence-electron chi connectivity index (χ1n) is 15.3. The third kappa shape index (κ3) is 9.70. The van der Waals surface area contributed by atoms with Crippen LogP contribution in [0.2, 0.25) is 0 Å². The molecule has 0 aliphatic rings. The Morgan fingerprint density at radius 3 is 2.10 bits per heavy atom. The van der Waals surface area contributed by atoms with Crippen LogP contribution in [0.25, 0.3) is 0 Å². The number of anilines is 1. The van der Waals surface area contributed by atoms with E-state index in [0.717, 1.165) is 27.7 Å². The summed E-state index contributed by atoms with van der Waals surface area (Å²) in [4.78, 5) is 29.4. The molecule has 0 aliphatic carbocycles. The minimum atomic E-state index is -4.76. The van der Waals surface area contributed by atoms with Crippen molar-refractivity contribution < 1.29 is 31.2 Å². The molecule has 1 atom stereocenters. The van der Waals surface area contributed by atoms with Gasteiger partial charge in [-0.3, -0.25) is 13.9 Å². The van der Waals surface area contributed by atoms with Crippen LogP contribution >= 0.6 is 15.9 Å². The van der Waals surface area contributed by atoms with Crippen molar-refractivity contribution in [3.63, 3.8) is 0 Å². The second-order valence-electron chi connectivity index (χ2n) is 11.9. The number of sulfonamides is 1. The number of alkyl halides is 3. The summed E-state index contributed by atoms with van der Waals surface area (Å²) in [6.45, 7) is 5.03. The van der Waals surface area contributed by atoms with Crippen LogP contribution in [0.3, 0.4) is 0 Å². The first-order valence-corrected chi connectivity index (χ1v) is 17.5. The van der Waals surface area contributed by atoms with Gasteiger partial charge in [0.15, 0.2) is 0 Å². The Labute approximate surface area is 287 Å². The summed E-state index contributed by atoms with van der Waals surface area (Å²) in [6, 6.07) is 24.7. The SMILES string of the molecule is Cc1ccc(S(=O)(=O)N(CC(=O)N(Cc2ccc(Br)cc2)[C@H](Cc2ccccc2)C(=O)NCC(C)C)c2cccc(C(F)(F)F)c2)cc1. The van der Waals surface area contributed by atoms with E-state index in [1.165, 1.54) is 23.1 Å². The molecular weight excluding hydrogens is 707 g/mol. The van der Waals surface area contributed by atoms with Crippen molar-refractivity contribution >= 4 is 43.5 Å². The van der Waals surface area contributed by atoms with Gasteiger partial charge in [-0.15, -0.1) is 0 Å². The van der Waals surface area contributed by atoms with Crippen LogP contribution < -0.4 is 9.62 Å². The number of carbonyl (C=O) groups is 2. The van der Waals surface area contributed by atoms with Crippen LogP contribution in [-0.2, 0) is 38.8 Å². The lowest BCUT2D eigenvalue weighted by Gasteiger charge is -2.34. The molecule has 0 aromatic heterocycles. The zero-order valence-electron chi connectivity index (χ0n) is 26.7. The normalized spacial score (nSPS) is 12.4. The van der Waals surface area contributed by atoms with E-state index in [1.807, 2.05) is 44.2 Å². The molecule has 12 heteroatoms. The molecule has 0 heterocycles. The van der Waals surface area contributed by atoms with Crippen LogP contribution in [0.1, 0.15) is 36.1 Å². The smallest absolute Gasteiger partial charge is 0.354 e. The van der Waals surface area contributed by atoms with Crippen molar-refractivity contribution in [1.82, 2.24) is 10.2 Å². The predicted molar refractivity (Wildman–Crippen MR) is 184 cm³/mol. The van der Waals surface area contributed by atoms with Gasteiger partial charge in [0.25, 0.3) is 10.0 Å². The first-order chi connectivity index (χ1) is 22.6. The Hall–Kier alpha value is -4.16. The molecule has 0 radical (unpaired) electrons. The number of halogens is 4. The Balaban J connectivity index is 1.84. The highest BCUT2D eigenvalue weighted by Gasteiger charge is 2.36. The van der Waals surface area contributed by atoms with Gasteiger partial charge in [0, 0.05) is 24.0 Å². The highest BCUT2D eigenvalue weighted by Crippen LogP contribution is 2.33. The van der Waals surface area contributed by atoms with Crippen molar-refractivity contribution in [1.29, 1.82) is 0 Å². The topological polar surface area (TPSA) is 86.8 Å². The van der Waals surface area contributed by atoms with Crippen molar-refractivity contribution in [2.75, 3.05) is 17.4 Å². The van der Waals surface area contributed by atoms with Crippen molar-refractivity contribution in [2.45, 2.75) is 50.9 Å². The Morgan fingerprint density at radius 1 is 0.854 bits per heavy atom. The molecule has 0 aliphatic heterocycles. The minimum absolute atomic E-state index is 0.0697. The largest absolute Gasteiger partial charge is 0.416 e. The highest BCUT2D eigenvalue weighted by molar-refractivity contribution is 9.10. The van der Waals surface area contributed by atoms with Gasteiger partial charge >= 0.3 is 6.18 Å². The average molecular weight is 745 g/mol. The summed E-state index contributed by atoms with van der Waals surface area (Å²) in [5.74, 6) is -1.10. The number of amides is 2. The number of carbonyl (C=O) groups excluding carboxylic acids is 2. The fraction of sp³-hybridized carbons (Fsp3) is 0.278. The number of nitrogens with one attached hydrogen (secondary N) is 1. The average Bonchev–Trinajstić information content (AvgIpc) is 3.05. The summed E-state index contributed by atoms with van der Waals surface area (Å²) < 4.78 is 71.1. The van der Waals surface area contributed by atoms with Gasteiger partial charge < -0.3 is 10.2 Å². The summed E-state index contributed by atoms with van der Waals surface area (Å²) in [6.07, 6.45) is -4.65. The second-order valence-corrected chi connectivity index (χ2v) is 14.6. The summed E-state index contributed by atoms with van der Waals surface area (Å²) >= 11 is 3.40. The lowest BCUT2D eigenvalue weighted by atomic mass is 10.0. The number of hydrogen-bond acceptors (Lipinski definition) is 4. The molecule has 48 heavy (non-hydrogen) atoms. The van der Waals surface area contributed by atoms with E-state index in [2.05, 4.69) is 21.2 Å². The number of hydrogen-bond donors (Lipinski definition) is 1. The molecule has 4 aromatic carbocycles. The van der Waals surface area contributed by atoms with E-state index >= 15 is 0 Å². The van der Waals surface area contributed by atoms with E-state index in [1.54, 1.807) is 43.3 Å². The molecule has 0 fully saturated rings. The maximum absolute atomic E-state index is 14.5. The standard InChI is InChI=1S/C36H37BrF3N3O4S/c1-25(2)22-41-35(45)33(20-27-8-5-4-6-9-27)42(23-28-14-16-30(37)17-15-28)34(44)24-43(31-11-7-10-29(21-31)36(38,39)40)48(46,47)32-18-12-26(3)13-19-32/h4-19,21,25,33H,20,22-24H2,1-3H3,(H,41,45)/t33-/m1/s1. The van der Waals surface area contributed by atoms with E-state index in [9.17, 15) is 31.2 Å². The number of nitrogens with zero attached hydrogens (tertiary/aromatic N) is 2. The zero-order valence-corrected chi connectivity index (χ0v) is 29.1. The molecule has 2 amide bonds. The molecule has 0 saturated heterocycles. The number of rotatable bonds is 13. The Morgan fingerprint density at radius 2 is 1.50 bits per heavy atom. The molecule has 254 valence electrons. The van der Waals surface area contributed by atoms with Crippen LogP contribution in [0.5, 0.6) is 0 Å². The van der Waals surface area contributed by atoms with Gasteiger partial charge in [0.2, 0.25) is 11.8 Å². The van der Waals surface area contributed by atoms with Gasteiger partial charge in [-0.25, -0.2) is 8.42 Å². The molecule has 0 bridgehead atoms. The third-order valence-electron chi connectivity index (χ3n) is 7.57. The van der Waals surface area contributed by atoms with E-state index in [4.69, 9.17) is 0 Å². The van der Waals surface area contributed by atoms with Gasteiger partial charge in [-0.2, -0.15) is 13.2 Å². The fourth-order valence-electron chi connectivity index (χ4n) is 4.97. The molecule has 4 rings (SSSR count). The van der Waals surface area contributed by atoms with Gasteiger partial charge in [0.1, 0.15) is 12.6 Å². The van der Waals surface area contributed by atoms with E-state index in [-0.39, 0.29) is 29.5 Å². The second kappa shape index (κ2) is 15.8. The minimum Gasteiger partial charge on any atom is -0.354 e. The lowest BCUT2D eigenvalue weighted by Crippen LogP contribution is -2.53. The first kappa shape index (κ1) is 36.7.